The van der Waals surface area contributed by atoms with Crippen molar-refractivity contribution in [3.63, 3.8) is 0 Å². The minimum absolute atomic E-state index is 0.336. The molecular weight excluding hydrogens is 383 g/mol. The lowest BCUT2D eigenvalue weighted by Gasteiger charge is -2.19. The number of amides is 1. The van der Waals surface area contributed by atoms with Crippen molar-refractivity contribution in [2.75, 3.05) is 26.0 Å². The van der Waals surface area contributed by atoms with Gasteiger partial charge >= 0.3 is 5.97 Å². The zero-order chi connectivity index (χ0) is 18.1. The molecule has 2 N–H and O–H groups in total. The van der Waals surface area contributed by atoms with E-state index in [1.807, 2.05) is 0 Å². The average molecular weight is 400 g/mol. The van der Waals surface area contributed by atoms with Gasteiger partial charge in [0.1, 0.15) is 11.5 Å². The van der Waals surface area contributed by atoms with Crippen LogP contribution in [0.2, 0.25) is 10.0 Å². The van der Waals surface area contributed by atoms with Crippen LogP contribution in [0.15, 0.2) is 18.2 Å². The highest BCUT2D eigenvalue weighted by atomic mass is 35.5. The molecule has 1 atom stereocenters. The standard InChI is InChI=1S/C17H16Cl2N2O3S/c1-21-4-3-12-13(8-21)25-16(14(12)17(23)24-2)20-15(22)9-5-10(18)7-11(19)6-9/h5-7H,3-4,8H2,1-2H3,(H,20,22)/p+1. The zero-order valence-electron chi connectivity index (χ0n) is 13.7. The Kier molecular flexibility index (Phi) is 5.34. The number of thiophene rings is 1. The molecule has 1 amide bonds. The molecule has 3 rings (SSSR count). The van der Waals surface area contributed by atoms with Crippen molar-refractivity contribution < 1.29 is 19.2 Å². The molecule has 0 saturated carbocycles. The fourth-order valence-corrected chi connectivity index (χ4v) is 4.76. The minimum Gasteiger partial charge on any atom is -0.465 e. The molecule has 0 spiro atoms. The number of hydrogen-bond donors (Lipinski definition) is 2. The summed E-state index contributed by atoms with van der Waals surface area (Å²) >= 11 is 13.3. The molecule has 8 heteroatoms. The van der Waals surface area contributed by atoms with Crippen LogP contribution in [0.3, 0.4) is 0 Å². The molecule has 2 aromatic rings. The number of nitrogens with one attached hydrogen (secondary N) is 2. The largest absolute Gasteiger partial charge is 0.465 e. The van der Waals surface area contributed by atoms with Crippen molar-refractivity contribution in [1.29, 1.82) is 0 Å². The highest BCUT2D eigenvalue weighted by Crippen LogP contribution is 2.35. The minimum atomic E-state index is -0.434. The number of ether oxygens (including phenoxy) is 1. The Balaban J connectivity index is 1.96. The van der Waals surface area contributed by atoms with Crippen molar-refractivity contribution in [3.05, 3.63) is 49.8 Å². The van der Waals surface area contributed by atoms with Gasteiger partial charge in [-0.1, -0.05) is 23.2 Å². The molecule has 1 unspecified atom stereocenters. The first-order chi connectivity index (χ1) is 11.9. The molecule has 132 valence electrons. The molecule has 0 radical (unpaired) electrons. The summed E-state index contributed by atoms with van der Waals surface area (Å²) in [5.41, 5.74) is 1.76. The number of likely N-dealkylation sites (N-methyl/N-ethyl adjacent to an activating group) is 1. The first-order valence-corrected chi connectivity index (χ1v) is 9.28. The fraction of sp³-hybridized carbons (Fsp3) is 0.294. The molecule has 25 heavy (non-hydrogen) atoms. The lowest BCUT2D eigenvalue weighted by Crippen LogP contribution is -3.08. The van der Waals surface area contributed by atoms with E-state index in [-0.39, 0.29) is 5.91 Å². The van der Waals surface area contributed by atoms with Gasteiger partial charge in [0.15, 0.2) is 0 Å². The first kappa shape index (κ1) is 18.2. The fourth-order valence-electron chi connectivity index (χ4n) is 2.89. The molecule has 0 aliphatic carbocycles. The number of halogens is 2. The molecule has 1 aliphatic rings. The highest BCUT2D eigenvalue weighted by molar-refractivity contribution is 7.17. The Bertz CT molecular complexity index is 830. The lowest BCUT2D eigenvalue weighted by molar-refractivity contribution is -0.895. The normalized spacial score (nSPS) is 16.2. The molecule has 0 saturated heterocycles. The summed E-state index contributed by atoms with van der Waals surface area (Å²) in [5.74, 6) is -0.801. The van der Waals surface area contributed by atoms with Gasteiger partial charge in [0, 0.05) is 22.0 Å². The Labute approximate surface area is 159 Å². The topological polar surface area (TPSA) is 59.8 Å². The van der Waals surface area contributed by atoms with Crippen LogP contribution >= 0.6 is 34.5 Å². The maximum absolute atomic E-state index is 12.6. The van der Waals surface area contributed by atoms with Crippen molar-refractivity contribution in [1.82, 2.24) is 0 Å². The number of carbonyl (C=O) groups excluding carboxylic acids is 2. The molecule has 5 nitrogen and oxygen atoms in total. The van der Waals surface area contributed by atoms with Gasteiger partial charge in [-0.2, -0.15) is 0 Å². The number of methoxy groups -OCH3 is 1. The van der Waals surface area contributed by atoms with Crippen LogP contribution in [-0.2, 0) is 17.7 Å². The maximum Gasteiger partial charge on any atom is 0.341 e. The second-order valence-electron chi connectivity index (χ2n) is 5.95. The van der Waals surface area contributed by atoms with E-state index in [9.17, 15) is 9.59 Å². The Morgan fingerprint density at radius 3 is 2.56 bits per heavy atom. The SMILES string of the molecule is COC(=O)c1c(NC(=O)c2cc(Cl)cc(Cl)c2)sc2c1CC[NH+](C)C2. The summed E-state index contributed by atoms with van der Waals surface area (Å²) in [6, 6.07) is 4.63. The van der Waals surface area contributed by atoms with E-state index in [0.29, 0.717) is 26.2 Å². The van der Waals surface area contributed by atoms with Crippen molar-refractivity contribution in [2.45, 2.75) is 13.0 Å². The number of rotatable bonds is 3. The number of benzene rings is 1. The average Bonchev–Trinajstić information content (AvgIpc) is 2.90. The van der Waals surface area contributed by atoms with E-state index in [0.717, 1.165) is 30.0 Å². The van der Waals surface area contributed by atoms with Gasteiger partial charge in [0.05, 0.1) is 31.1 Å². The summed E-state index contributed by atoms with van der Waals surface area (Å²) in [6.45, 7) is 1.76. The summed E-state index contributed by atoms with van der Waals surface area (Å²) in [4.78, 5) is 27.3. The third-order valence-corrected chi connectivity index (χ3v) is 5.68. The Hall–Kier alpha value is -1.60. The number of hydrogen-bond acceptors (Lipinski definition) is 4. The van der Waals surface area contributed by atoms with E-state index in [4.69, 9.17) is 27.9 Å². The number of carbonyl (C=O) groups is 2. The molecule has 1 aliphatic heterocycles. The predicted molar refractivity (Wildman–Crippen MR) is 99.2 cm³/mol. The van der Waals surface area contributed by atoms with Gasteiger partial charge in [0.25, 0.3) is 5.91 Å². The van der Waals surface area contributed by atoms with E-state index in [1.54, 1.807) is 6.07 Å². The number of esters is 1. The van der Waals surface area contributed by atoms with Gasteiger partial charge in [-0.15, -0.1) is 11.3 Å². The van der Waals surface area contributed by atoms with E-state index in [2.05, 4.69) is 12.4 Å². The van der Waals surface area contributed by atoms with Gasteiger partial charge in [-0.25, -0.2) is 4.79 Å². The molecule has 0 fully saturated rings. The van der Waals surface area contributed by atoms with Crippen LogP contribution in [0.1, 0.15) is 31.2 Å². The number of fused-ring (bicyclic) bond motifs is 1. The quantitative estimate of drug-likeness (QED) is 0.779. The van der Waals surface area contributed by atoms with Crippen LogP contribution in [0, 0.1) is 0 Å². The molecule has 0 bridgehead atoms. The monoisotopic (exact) mass is 399 g/mol. The Morgan fingerprint density at radius 2 is 1.92 bits per heavy atom. The van der Waals surface area contributed by atoms with E-state index >= 15 is 0 Å². The van der Waals surface area contributed by atoms with Crippen molar-refractivity contribution in [3.8, 4) is 0 Å². The van der Waals surface area contributed by atoms with E-state index < -0.39 is 5.97 Å². The number of quaternary nitrogens is 1. The molecular formula is C17H17Cl2N2O3S+. The Morgan fingerprint density at radius 1 is 1.24 bits per heavy atom. The van der Waals surface area contributed by atoms with Gasteiger partial charge in [-0.3, -0.25) is 4.79 Å². The lowest BCUT2D eigenvalue weighted by atomic mass is 10.0. The highest BCUT2D eigenvalue weighted by Gasteiger charge is 2.30. The third-order valence-electron chi connectivity index (χ3n) is 4.10. The molecule has 1 aromatic heterocycles. The van der Waals surface area contributed by atoms with Crippen LogP contribution in [0.4, 0.5) is 5.00 Å². The van der Waals surface area contributed by atoms with Gasteiger partial charge in [-0.05, 0) is 23.8 Å². The van der Waals surface area contributed by atoms with Crippen molar-refractivity contribution in [2.24, 2.45) is 0 Å². The molecule has 2 heterocycles. The van der Waals surface area contributed by atoms with Crippen LogP contribution < -0.4 is 10.2 Å². The van der Waals surface area contributed by atoms with Crippen molar-refractivity contribution >= 4 is 51.4 Å². The zero-order valence-corrected chi connectivity index (χ0v) is 16.1. The van der Waals surface area contributed by atoms with Gasteiger partial charge < -0.3 is 15.0 Å². The van der Waals surface area contributed by atoms with Gasteiger partial charge in [0.2, 0.25) is 0 Å². The second kappa shape index (κ2) is 7.33. The second-order valence-corrected chi connectivity index (χ2v) is 7.92. The maximum atomic E-state index is 12.6. The summed E-state index contributed by atoms with van der Waals surface area (Å²) < 4.78 is 4.92. The smallest absolute Gasteiger partial charge is 0.341 e. The van der Waals surface area contributed by atoms with Crippen LogP contribution in [0.5, 0.6) is 0 Å². The van der Waals surface area contributed by atoms with E-state index in [1.165, 1.54) is 35.5 Å². The third kappa shape index (κ3) is 3.82. The van der Waals surface area contributed by atoms with Crippen LogP contribution in [0.25, 0.3) is 0 Å². The molecule has 1 aromatic carbocycles. The first-order valence-electron chi connectivity index (χ1n) is 7.70. The van der Waals surface area contributed by atoms with Crippen LogP contribution in [-0.4, -0.2) is 32.6 Å². The summed E-state index contributed by atoms with van der Waals surface area (Å²) in [7, 11) is 3.45. The summed E-state index contributed by atoms with van der Waals surface area (Å²) in [6.07, 6.45) is 0.779. The summed E-state index contributed by atoms with van der Waals surface area (Å²) in [5, 5.41) is 4.08. The predicted octanol–water partition coefficient (Wildman–Crippen LogP) is 2.66. The number of anilines is 1.